The van der Waals surface area contributed by atoms with E-state index in [0.717, 1.165) is 26.0 Å². The Labute approximate surface area is 236 Å². The van der Waals surface area contributed by atoms with E-state index < -0.39 is 0 Å². The average molecular weight is 545 g/mol. The van der Waals surface area contributed by atoms with Gasteiger partial charge in [0.05, 0.1) is 15.9 Å². The van der Waals surface area contributed by atoms with E-state index in [1.165, 1.54) is 81.8 Å². The third kappa shape index (κ3) is 9.28. The fourth-order valence-electron chi connectivity index (χ4n) is 4.54. The molecule has 0 aliphatic heterocycles. The van der Waals surface area contributed by atoms with Gasteiger partial charge in [0.25, 0.3) is 0 Å². The minimum absolute atomic E-state index is 0.237. The van der Waals surface area contributed by atoms with Gasteiger partial charge in [-0.3, -0.25) is 4.99 Å². The molecule has 0 amide bonds. The number of unbranched alkanes of at least 4 members (excludes halogenated alkanes) is 9. The van der Waals surface area contributed by atoms with E-state index in [9.17, 15) is 5.11 Å². The van der Waals surface area contributed by atoms with Crippen LogP contribution < -0.4 is 0 Å². The predicted octanol–water partition coefficient (Wildman–Crippen LogP) is 10.5. The van der Waals surface area contributed by atoms with Crippen LogP contribution >= 0.6 is 23.1 Å². The molecule has 0 aliphatic rings. The smallest absolute Gasteiger partial charge is 0.151 e. The fourth-order valence-corrected chi connectivity index (χ4v) is 6.60. The van der Waals surface area contributed by atoms with Crippen LogP contribution in [0.5, 0.6) is 5.75 Å². The molecule has 0 spiro atoms. The van der Waals surface area contributed by atoms with Crippen molar-refractivity contribution in [2.24, 2.45) is 4.99 Å². The first-order chi connectivity index (χ1) is 18.7. The number of phenols is 1. The number of fused-ring (bicyclic) bond motifs is 1. The molecule has 1 heterocycles. The number of aromatic hydroxyl groups is 1. The lowest BCUT2D eigenvalue weighted by Gasteiger charge is -2.05. The third-order valence-corrected chi connectivity index (χ3v) is 9.08. The number of aryl methyl sites for hydroxylation is 1. The molecular weight excluding hydrogens is 505 g/mol. The van der Waals surface area contributed by atoms with Crippen molar-refractivity contribution in [1.29, 1.82) is 0 Å². The molecule has 1 aromatic heterocycles. The molecule has 0 saturated heterocycles. The number of rotatable bonds is 16. The Hall–Kier alpha value is -2.63. The Morgan fingerprint density at radius 2 is 1.50 bits per heavy atom. The van der Waals surface area contributed by atoms with Crippen molar-refractivity contribution in [3.63, 3.8) is 0 Å². The van der Waals surface area contributed by atoms with E-state index in [0.29, 0.717) is 5.56 Å². The lowest BCUT2D eigenvalue weighted by atomic mass is 10.0. The molecule has 0 fully saturated rings. The molecule has 0 aliphatic carbocycles. The molecule has 1 N–H and O–H groups in total. The van der Waals surface area contributed by atoms with Crippen molar-refractivity contribution in [1.82, 2.24) is 4.98 Å². The van der Waals surface area contributed by atoms with E-state index in [1.54, 1.807) is 35.4 Å². The van der Waals surface area contributed by atoms with Gasteiger partial charge in [0.1, 0.15) is 5.75 Å². The molecule has 3 aromatic carbocycles. The zero-order valence-corrected chi connectivity index (χ0v) is 24.2. The van der Waals surface area contributed by atoms with Crippen LogP contribution in [0, 0.1) is 0 Å². The van der Waals surface area contributed by atoms with Crippen LogP contribution in [0.3, 0.4) is 0 Å². The van der Waals surface area contributed by atoms with Crippen LogP contribution in [-0.4, -0.2) is 16.3 Å². The number of para-hydroxylation sites is 1. The molecule has 38 heavy (non-hydrogen) atoms. The van der Waals surface area contributed by atoms with Crippen molar-refractivity contribution in [3.05, 3.63) is 83.4 Å². The molecular formula is C33H40N2OS2. The first-order valence-corrected chi connectivity index (χ1v) is 15.9. The summed E-state index contributed by atoms with van der Waals surface area (Å²) in [5.74, 6) is 1.16. The minimum atomic E-state index is 0.237. The van der Waals surface area contributed by atoms with E-state index in [1.807, 2.05) is 30.3 Å². The standard InChI is InChI=1S/C33H40N2OS2/c1-2-3-4-5-6-7-8-9-10-11-14-26-17-19-27(20-18-26)25-37-33-35-30-22-21-29(23-32(30)38-33)34-24-28-15-12-13-16-31(28)36/h12-13,15-24,36H,2-11,14,25H2,1H3. The summed E-state index contributed by atoms with van der Waals surface area (Å²) in [5, 5.41) is 9.93. The predicted molar refractivity (Wildman–Crippen MR) is 167 cm³/mol. The van der Waals surface area contributed by atoms with Gasteiger partial charge < -0.3 is 5.11 Å². The van der Waals surface area contributed by atoms with Crippen molar-refractivity contribution in [3.8, 4) is 5.75 Å². The summed E-state index contributed by atoms with van der Waals surface area (Å²) < 4.78 is 2.21. The zero-order valence-electron chi connectivity index (χ0n) is 22.6. The number of benzene rings is 3. The number of nitrogens with zero attached hydrogens (tertiary/aromatic N) is 2. The van der Waals surface area contributed by atoms with Gasteiger partial charge in [0, 0.05) is 17.5 Å². The molecule has 0 atom stereocenters. The maximum Gasteiger partial charge on any atom is 0.151 e. The summed E-state index contributed by atoms with van der Waals surface area (Å²) in [6, 6.07) is 22.4. The number of phenolic OH excluding ortho intramolecular Hbond substituents is 1. The molecule has 0 unspecified atom stereocenters. The molecule has 4 aromatic rings. The maximum absolute atomic E-state index is 9.93. The second-order valence-electron chi connectivity index (χ2n) is 9.99. The maximum atomic E-state index is 9.93. The number of thiazole rings is 1. The molecule has 0 bridgehead atoms. The lowest BCUT2D eigenvalue weighted by molar-refractivity contribution is 0.474. The van der Waals surface area contributed by atoms with Crippen LogP contribution in [0.25, 0.3) is 10.2 Å². The van der Waals surface area contributed by atoms with Gasteiger partial charge in [-0.2, -0.15) is 0 Å². The highest BCUT2D eigenvalue weighted by molar-refractivity contribution is 8.00. The van der Waals surface area contributed by atoms with E-state index in [4.69, 9.17) is 4.98 Å². The first kappa shape index (κ1) is 28.4. The van der Waals surface area contributed by atoms with Crippen LogP contribution in [0.2, 0.25) is 0 Å². The number of aliphatic imine (C=N–C) groups is 1. The van der Waals surface area contributed by atoms with Crippen molar-refractivity contribution >= 4 is 45.2 Å². The molecule has 200 valence electrons. The van der Waals surface area contributed by atoms with Crippen molar-refractivity contribution < 1.29 is 5.11 Å². The SMILES string of the molecule is CCCCCCCCCCCCc1ccc(CSc2nc3ccc(N=Cc4ccccc4O)cc3s2)cc1. The second kappa shape index (κ2) is 15.7. The number of hydrogen-bond acceptors (Lipinski definition) is 5. The average Bonchev–Trinajstić information content (AvgIpc) is 3.35. The molecule has 0 saturated carbocycles. The summed E-state index contributed by atoms with van der Waals surface area (Å²) in [6.07, 6.45) is 16.8. The van der Waals surface area contributed by atoms with Gasteiger partial charge >= 0.3 is 0 Å². The zero-order chi connectivity index (χ0) is 26.4. The Morgan fingerprint density at radius 1 is 0.816 bits per heavy atom. The van der Waals surface area contributed by atoms with Crippen molar-refractivity contribution in [2.45, 2.75) is 87.6 Å². The number of aromatic nitrogens is 1. The summed E-state index contributed by atoms with van der Waals surface area (Å²) in [4.78, 5) is 9.34. The Kier molecular flexibility index (Phi) is 11.7. The van der Waals surface area contributed by atoms with Gasteiger partial charge in [-0.25, -0.2) is 4.98 Å². The minimum Gasteiger partial charge on any atom is -0.507 e. The highest BCUT2D eigenvalue weighted by Crippen LogP contribution is 2.33. The van der Waals surface area contributed by atoms with E-state index in [-0.39, 0.29) is 5.75 Å². The Balaban J connectivity index is 1.18. The van der Waals surface area contributed by atoms with Crippen LogP contribution in [0.15, 0.2) is 76.1 Å². The molecule has 4 rings (SSSR count). The lowest BCUT2D eigenvalue weighted by Crippen LogP contribution is -1.88. The van der Waals surface area contributed by atoms with Gasteiger partial charge in [-0.15, -0.1) is 11.3 Å². The largest absolute Gasteiger partial charge is 0.507 e. The van der Waals surface area contributed by atoms with Crippen molar-refractivity contribution in [2.75, 3.05) is 0 Å². The number of hydrogen-bond donors (Lipinski definition) is 1. The highest BCUT2D eigenvalue weighted by atomic mass is 32.2. The quantitative estimate of drug-likeness (QED) is 0.0866. The van der Waals surface area contributed by atoms with Gasteiger partial charge in [0.2, 0.25) is 0 Å². The number of thioether (sulfide) groups is 1. The normalized spacial score (nSPS) is 11.6. The van der Waals surface area contributed by atoms with E-state index >= 15 is 0 Å². The molecule has 3 nitrogen and oxygen atoms in total. The highest BCUT2D eigenvalue weighted by Gasteiger charge is 2.06. The monoisotopic (exact) mass is 544 g/mol. The Morgan fingerprint density at radius 3 is 2.24 bits per heavy atom. The Bertz CT molecular complexity index is 1280. The summed E-state index contributed by atoms with van der Waals surface area (Å²) in [6.45, 7) is 2.28. The summed E-state index contributed by atoms with van der Waals surface area (Å²) in [5.41, 5.74) is 5.37. The topological polar surface area (TPSA) is 45.5 Å². The molecule has 5 heteroatoms. The molecule has 0 radical (unpaired) electrons. The first-order valence-electron chi connectivity index (χ1n) is 14.1. The van der Waals surface area contributed by atoms with Gasteiger partial charge in [0.15, 0.2) is 4.34 Å². The third-order valence-electron chi connectivity index (χ3n) is 6.85. The van der Waals surface area contributed by atoms with Crippen LogP contribution in [-0.2, 0) is 12.2 Å². The van der Waals surface area contributed by atoms with Gasteiger partial charge in [-0.05, 0) is 54.3 Å². The van der Waals surface area contributed by atoms with Crippen LogP contribution in [0.4, 0.5) is 5.69 Å². The summed E-state index contributed by atoms with van der Waals surface area (Å²) in [7, 11) is 0. The van der Waals surface area contributed by atoms with Crippen LogP contribution in [0.1, 0.15) is 87.8 Å². The summed E-state index contributed by atoms with van der Waals surface area (Å²) >= 11 is 3.51. The second-order valence-corrected chi connectivity index (χ2v) is 12.2. The van der Waals surface area contributed by atoms with E-state index in [2.05, 4.69) is 42.2 Å². The fraction of sp³-hybridized carbons (Fsp3) is 0.394. The van der Waals surface area contributed by atoms with Gasteiger partial charge in [-0.1, -0.05) is 113 Å².